The lowest BCUT2D eigenvalue weighted by Crippen LogP contribution is -2.38. The van der Waals surface area contributed by atoms with Crippen molar-refractivity contribution in [2.24, 2.45) is 10.7 Å². The van der Waals surface area contributed by atoms with Crippen LogP contribution in [0.4, 0.5) is 0 Å². The Kier molecular flexibility index (Phi) is 4.78. The van der Waals surface area contributed by atoms with Crippen LogP contribution in [0.25, 0.3) is 0 Å². The minimum Gasteiger partial charge on any atom is -0.370 e. The second-order valence-electron chi connectivity index (χ2n) is 3.03. The van der Waals surface area contributed by atoms with Gasteiger partial charge < -0.3 is 16.4 Å². The van der Waals surface area contributed by atoms with Crippen molar-refractivity contribution in [1.82, 2.24) is 15.6 Å². The first kappa shape index (κ1) is 12.0. The maximum atomic E-state index is 11.5. The highest BCUT2D eigenvalue weighted by molar-refractivity contribution is 5.93. The quantitative estimate of drug-likeness (QED) is 0.358. The van der Waals surface area contributed by atoms with Crippen LogP contribution in [0.15, 0.2) is 29.5 Å². The third kappa shape index (κ3) is 3.95. The maximum Gasteiger partial charge on any atom is 0.252 e. The normalized spacial score (nSPS) is 10.9. The number of hydrogen-bond acceptors (Lipinski definition) is 3. The van der Waals surface area contributed by atoms with Gasteiger partial charge in [-0.3, -0.25) is 14.8 Å². The largest absolute Gasteiger partial charge is 0.370 e. The highest BCUT2D eigenvalue weighted by Gasteiger charge is 2.02. The molecule has 1 rings (SSSR count). The highest BCUT2D eigenvalue weighted by atomic mass is 16.1. The first-order chi connectivity index (χ1) is 7.74. The average Bonchev–Trinajstić information content (AvgIpc) is 2.35. The van der Waals surface area contributed by atoms with Crippen LogP contribution in [0.5, 0.6) is 0 Å². The van der Waals surface area contributed by atoms with E-state index in [4.69, 9.17) is 5.73 Å². The van der Waals surface area contributed by atoms with Crippen LogP contribution in [-0.2, 0) is 0 Å². The van der Waals surface area contributed by atoms with E-state index in [9.17, 15) is 4.79 Å². The fraction of sp³-hybridized carbons (Fsp3) is 0.300. The Labute approximate surface area is 94.0 Å². The third-order valence-corrected chi connectivity index (χ3v) is 1.88. The van der Waals surface area contributed by atoms with Gasteiger partial charge in [-0.15, -0.1) is 0 Å². The van der Waals surface area contributed by atoms with E-state index < -0.39 is 0 Å². The predicted molar refractivity (Wildman–Crippen MR) is 62.1 cm³/mol. The summed E-state index contributed by atoms with van der Waals surface area (Å²) in [7, 11) is 1.59. The van der Waals surface area contributed by atoms with Gasteiger partial charge in [-0.1, -0.05) is 0 Å². The van der Waals surface area contributed by atoms with Crippen molar-refractivity contribution in [3.05, 3.63) is 30.1 Å². The molecule has 0 radical (unpaired) electrons. The van der Waals surface area contributed by atoms with Gasteiger partial charge in [0.1, 0.15) is 0 Å². The molecule has 1 aromatic rings. The van der Waals surface area contributed by atoms with Gasteiger partial charge in [0, 0.05) is 32.5 Å². The van der Waals surface area contributed by atoms with Crippen LogP contribution in [0.3, 0.4) is 0 Å². The van der Waals surface area contributed by atoms with E-state index in [1.54, 1.807) is 25.4 Å². The molecule has 1 amide bonds. The van der Waals surface area contributed by atoms with Crippen molar-refractivity contribution < 1.29 is 4.79 Å². The number of aliphatic imine (C=N–C) groups is 1. The smallest absolute Gasteiger partial charge is 0.252 e. The van der Waals surface area contributed by atoms with Crippen LogP contribution in [0.2, 0.25) is 0 Å². The molecule has 6 heteroatoms. The number of amides is 1. The van der Waals surface area contributed by atoms with Crippen LogP contribution < -0.4 is 16.4 Å². The van der Waals surface area contributed by atoms with Gasteiger partial charge in [-0.25, -0.2) is 0 Å². The Bertz CT molecular complexity index is 363. The van der Waals surface area contributed by atoms with Gasteiger partial charge in [0.25, 0.3) is 5.91 Å². The third-order valence-electron chi connectivity index (χ3n) is 1.88. The number of carbonyl (C=O) groups is 1. The van der Waals surface area contributed by atoms with Crippen LogP contribution >= 0.6 is 0 Å². The molecule has 0 saturated carbocycles. The maximum absolute atomic E-state index is 11.5. The Morgan fingerprint density at radius 1 is 1.50 bits per heavy atom. The fourth-order valence-corrected chi connectivity index (χ4v) is 1.04. The monoisotopic (exact) mass is 221 g/mol. The second-order valence-corrected chi connectivity index (χ2v) is 3.03. The topological polar surface area (TPSA) is 92.4 Å². The van der Waals surface area contributed by atoms with Crippen LogP contribution in [0.1, 0.15) is 10.4 Å². The van der Waals surface area contributed by atoms with Crippen molar-refractivity contribution in [3.63, 3.8) is 0 Å². The van der Waals surface area contributed by atoms with E-state index in [-0.39, 0.29) is 5.91 Å². The molecule has 0 fully saturated rings. The molecule has 0 aliphatic heterocycles. The lowest BCUT2D eigenvalue weighted by Gasteiger charge is -2.06. The molecule has 0 aliphatic carbocycles. The first-order valence-corrected chi connectivity index (χ1v) is 4.88. The van der Waals surface area contributed by atoms with Gasteiger partial charge >= 0.3 is 0 Å². The summed E-state index contributed by atoms with van der Waals surface area (Å²) in [5, 5.41) is 5.56. The van der Waals surface area contributed by atoms with E-state index in [0.717, 1.165) is 0 Å². The number of aromatic nitrogens is 1. The molecule has 0 aliphatic rings. The molecule has 0 spiro atoms. The summed E-state index contributed by atoms with van der Waals surface area (Å²) in [6.45, 7) is 1.01. The zero-order valence-electron chi connectivity index (χ0n) is 9.10. The summed E-state index contributed by atoms with van der Waals surface area (Å²) in [6, 6.07) is 3.42. The van der Waals surface area contributed by atoms with Crippen molar-refractivity contribution in [2.45, 2.75) is 0 Å². The van der Waals surface area contributed by atoms with Crippen LogP contribution in [-0.4, -0.2) is 37.0 Å². The number of guanidine groups is 1. The van der Waals surface area contributed by atoms with Gasteiger partial charge in [0.2, 0.25) is 0 Å². The lowest BCUT2D eigenvalue weighted by atomic mass is 10.3. The number of nitrogens with two attached hydrogens (primary N) is 1. The molecule has 1 heterocycles. The molecule has 0 bridgehead atoms. The molecule has 4 N–H and O–H groups in total. The van der Waals surface area contributed by atoms with Crippen molar-refractivity contribution in [1.29, 1.82) is 0 Å². The summed E-state index contributed by atoms with van der Waals surface area (Å²) in [5.74, 6) is 0.206. The summed E-state index contributed by atoms with van der Waals surface area (Å²) < 4.78 is 0. The summed E-state index contributed by atoms with van der Waals surface area (Å²) >= 11 is 0. The molecule has 0 saturated heterocycles. The minimum absolute atomic E-state index is 0.151. The van der Waals surface area contributed by atoms with Gasteiger partial charge in [0.05, 0.1) is 5.56 Å². The van der Waals surface area contributed by atoms with Gasteiger partial charge in [-0.05, 0) is 12.1 Å². The van der Waals surface area contributed by atoms with E-state index >= 15 is 0 Å². The van der Waals surface area contributed by atoms with Crippen molar-refractivity contribution in [2.75, 3.05) is 20.1 Å². The second kappa shape index (κ2) is 6.39. The Morgan fingerprint density at radius 2 is 2.25 bits per heavy atom. The van der Waals surface area contributed by atoms with Crippen LogP contribution in [0, 0.1) is 0 Å². The molecule has 0 atom stereocenters. The van der Waals surface area contributed by atoms with E-state index in [1.807, 2.05) is 0 Å². The Morgan fingerprint density at radius 3 is 2.88 bits per heavy atom. The number of nitrogens with one attached hydrogen (secondary N) is 2. The zero-order chi connectivity index (χ0) is 11.8. The van der Waals surface area contributed by atoms with E-state index in [0.29, 0.717) is 24.6 Å². The SMILES string of the molecule is CN=C(N)NCCNC(=O)c1cccnc1. The molecule has 6 nitrogen and oxygen atoms in total. The molecular formula is C10H15N5O. The highest BCUT2D eigenvalue weighted by Crippen LogP contribution is 1.93. The average molecular weight is 221 g/mol. The number of pyridine rings is 1. The Balaban J connectivity index is 2.26. The zero-order valence-corrected chi connectivity index (χ0v) is 9.10. The fourth-order valence-electron chi connectivity index (χ4n) is 1.04. The van der Waals surface area contributed by atoms with E-state index in [2.05, 4.69) is 20.6 Å². The van der Waals surface area contributed by atoms with Gasteiger partial charge in [0.15, 0.2) is 5.96 Å². The number of carbonyl (C=O) groups excluding carboxylic acids is 1. The molecule has 86 valence electrons. The van der Waals surface area contributed by atoms with Crippen molar-refractivity contribution in [3.8, 4) is 0 Å². The standard InChI is InChI=1S/C10H15N5O/c1-12-10(11)15-6-5-14-9(16)8-3-2-4-13-7-8/h2-4,7H,5-6H2,1H3,(H,14,16)(H3,11,12,15). The number of hydrogen-bond donors (Lipinski definition) is 3. The molecule has 1 aromatic heterocycles. The molecular weight excluding hydrogens is 206 g/mol. The first-order valence-electron chi connectivity index (χ1n) is 4.88. The lowest BCUT2D eigenvalue weighted by molar-refractivity contribution is 0.0954. The summed E-state index contributed by atoms with van der Waals surface area (Å²) in [5.41, 5.74) is 5.96. The number of rotatable bonds is 4. The van der Waals surface area contributed by atoms with E-state index in [1.165, 1.54) is 6.20 Å². The molecule has 16 heavy (non-hydrogen) atoms. The Hall–Kier alpha value is -2.11. The van der Waals surface area contributed by atoms with Gasteiger partial charge in [-0.2, -0.15) is 0 Å². The summed E-state index contributed by atoms with van der Waals surface area (Å²) in [4.78, 5) is 19.1. The molecule has 0 aromatic carbocycles. The molecule has 0 unspecified atom stereocenters. The number of nitrogens with zero attached hydrogens (tertiary/aromatic N) is 2. The summed E-state index contributed by atoms with van der Waals surface area (Å²) in [6.07, 6.45) is 3.14. The van der Waals surface area contributed by atoms with Crippen molar-refractivity contribution >= 4 is 11.9 Å². The predicted octanol–water partition coefficient (Wildman–Crippen LogP) is -0.654. The minimum atomic E-state index is -0.151.